The van der Waals surface area contributed by atoms with Gasteiger partial charge in [-0.1, -0.05) is 0 Å². The van der Waals surface area contributed by atoms with Gasteiger partial charge in [0.15, 0.2) is 0 Å². The van der Waals surface area contributed by atoms with Crippen molar-refractivity contribution in [3.05, 3.63) is 0 Å². The highest BCUT2D eigenvalue weighted by molar-refractivity contribution is 7.53. The zero-order chi connectivity index (χ0) is 15.3. The van der Waals surface area contributed by atoms with Crippen molar-refractivity contribution in [2.45, 2.75) is 44.2 Å². The van der Waals surface area contributed by atoms with E-state index in [1.165, 1.54) is 0 Å². The summed E-state index contributed by atoms with van der Waals surface area (Å²) in [7, 11) is -3.41. The summed E-state index contributed by atoms with van der Waals surface area (Å²) >= 11 is 0. The molecule has 5 atom stereocenters. The predicted molar refractivity (Wildman–Crippen MR) is 71.5 cm³/mol. The molecule has 0 radical (unpaired) electrons. The smallest absolute Gasteiger partial charge is 0.332 e. The summed E-state index contributed by atoms with van der Waals surface area (Å²) in [5, 5.41) is 41.3. The van der Waals surface area contributed by atoms with E-state index in [1.54, 1.807) is 13.8 Å². The van der Waals surface area contributed by atoms with Gasteiger partial charge in [0.2, 0.25) is 0 Å². The molecule has 9 heteroatoms. The van der Waals surface area contributed by atoms with E-state index in [4.69, 9.17) is 14.2 Å². The van der Waals surface area contributed by atoms with E-state index in [-0.39, 0.29) is 19.4 Å². The minimum Gasteiger partial charge on any atom is -0.395 e. The van der Waals surface area contributed by atoms with Crippen LogP contribution in [0.4, 0.5) is 0 Å². The van der Waals surface area contributed by atoms with Crippen LogP contribution in [0.3, 0.4) is 0 Å². The van der Waals surface area contributed by atoms with Crippen molar-refractivity contribution in [2.75, 3.05) is 26.0 Å². The topological polar surface area (TPSA) is 128 Å². The minimum atomic E-state index is -3.41. The van der Waals surface area contributed by atoms with Gasteiger partial charge in [0.1, 0.15) is 6.10 Å². The van der Waals surface area contributed by atoms with Gasteiger partial charge in [-0.15, -0.1) is 0 Å². The van der Waals surface area contributed by atoms with Crippen molar-refractivity contribution in [1.29, 1.82) is 0 Å². The minimum absolute atomic E-state index is 0.157. The van der Waals surface area contributed by atoms with Gasteiger partial charge < -0.3 is 34.8 Å². The Bertz CT molecular complexity index is 331. The first-order valence-electron chi connectivity index (χ1n) is 6.67. The summed E-state index contributed by atoms with van der Waals surface area (Å²) < 4.78 is 22.7. The number of nitrogens with one attached hydrogen (secondary N) is 1. The molecule has 5 N–H and O–H groups in total. The van der Waals surface area contributed by atoms with Gasteiger partial charge in [0.25, 0.3) is 0 Å². The van der Waals surface area contributed by atoms with Crippen LogP contribution in [0.15, 0.2) is 0 Å². The molecular formula is C11H24NO7P. The lowest BCUT2D eigenvalue weighted by Crippen LogP contribution is -2.66. The molecule has 0 aromatic carbocycles. The van der Waals surface area contributed by atoms with Gasteiger partial charge in [0.05, 0.1) is 44.2 Å². The first-order chi connectivity index (χ1) is 9.38. The van der Waals surface area contributed by atoms with Crippen LogP contribution in [0.5, 0.6) is 0 Å². The molecular weight excluding hydrogens is 289 g/mol. The van der Waals surface area contributed by atoms with Gasteiger partial charge in [0, 0.05) is 6.04 Å². The summed E-state index contributed by atoms with van der Waals surface area (Å²) in [6, 6.07) is -1.62. The monoisotopic (exact) mass is 313 g/mol. The van der Waals surface area contributed by atoms with Crippen LogP contribution in [0, 0.1) is 0 Å². The van der Waals surface area contributed by atoms with Crippen molar-refractivity contribution >= 4 is 7.60 Å². The van der Waals surface area contributed by atoms with E-state index < -0.39 is 44.6 Å². The molecule has 0 unspecified atom stereocenters. The SMILES string of the molecule is CCOP(=O)(C[C@H]1N[C@H](CO)[C@H](O)[C@H](O)[C@H]1O)OCC. The lowest BCUT2D eigenvalue weighted by molar-refractivity contribution is -0.116. The molecule has 1 aliphatic heterocycles. The quantitative estimate of drug-likeness (QED) is 0.366. The van der Waals surface area contributed by atoms with Crippen molar-refractivity contribution in [1.82, 2.24) is 5.32 Å². The molecule has 8 nitrogen and oxygen atoms in total. The molecule has 1 aliphatic rings. The first kappa shape index (κ1) is 18.0. The zero-order valence-electron chi connectivity index (χ0n) is 11.7. The van der Waals surface area contributed by atoms with E-state index in [0.29, 0.717) is 0 Å². The lowest BCUT2D eigenvalue weighted by Gasteiger charge is -2.41. The highest BCUT2D eigenvalue weighted by Crippen LogP contribution is 2.49. The molecule has 0 spiro atoms. The third-order valence-corrected chi connectivity index (χ3v) is 5.36. The molecule has 1 saturated heterocycles. The average molecular weight is 313 g/mol. The molecule has 0 amide bonds. The summed E-state index contributed by atoms with van der Waals surface area (Å²) in [6.07, 6.45) is -4.22. The molecule has 0 saturated carbocycles. The molecule has 1 heterocycles. The van der Waals surface area contributed by atoms with Crippen LogP contribution in [-0.4, -0.2) is 76.8 Å². The molecule has 120 valence electrons. The maximum absolute atomic E-state index is 12.4. The second-order valence-corrected chi connectivity index (χ2v) is 6.77. The number of piperidine rings is 1. The van der Waals surface area contributed by atoms with Crippen LogP contribution >= 0.6 is 7.60 Å². The fraction of sp³-hybridized carbons (Fsp3) is 1.00. The summed E-state index contributed by atoms with van der Waals surface area (Å²) in [5.74, 6) is 0. The first-order valence-corrected chi connectivity index (χ1v) is 8.40. The van der Waals surface area contributed by atoms with E-state index in [9.17, 15) is 19.9 Å². The fourth-order valence-electron chi connectivity index (χ4n) is 2.25. The van der Waals surface area contributed by atoms with Gasteiger partial charge in [-0.25, -0.2) is 0 Å². The van der Waals surface area contributed by atoms with Crippen LogP contribution in [0.25, 0.3) is 0 Å². The zero-order valence-corrected chi connectivity index (χ0v) is 12.6. The average Bonchev–Trinajstić information content (AvgIpc) is 2.40. The second-order valence-electron chi connectivity index (χ2n) is 4.66. The Kier molecular flexibility index (Phi) is 7.03. The number of aliphatic hydroxyl groups excluding tert-OH is 4. The molecule has 0 aromatic rings. The van der Waals surface area contributed by atoms with Gasteiger partial charge in [-0.05, 0) is 13.8 Å². The predicted octanol–water partition coefficient (Wildman–Crippen LogP) is -1.33. The molecule has 0 bridgehead atoms. The normalized spacial score (nSPS) is 35.2. The van der Waals surface area contributed by atoms with E-state index in [2.05, 4.69) is 5.32 Å². The number of hydrogen-bond donors (Lipinski definition) is 5. The highest BCUT2D eigenvalue weighted by atomic mass is 31.2. The summed E-state index contributed by atoms with van der Waals surface area (Å²) in [4.78, 5) is 0. The number of rotatable bonds is 7. The highest BCUT2D eigenvalue weighted by Gasteiger charge is 2.45. The molecule has 0 aliphatic carbocycles. The second kappa shape index (κ2) is 7.82. The molecule has 1 rings (SSSR count). The van der Waals surface area contributed by atoms with Crippen LogP contribution in [-0.2, 0) is 13.6 Å². The number of hydrogen-bond acceptors (Lipinski definition) is 8. The Labute approximate surface area is 118 Å². The van der Waals surface area contributed by atoms with Crippen molar-refractivity contribution in [3.8, 4) is 0 Å². The van der Waals surface area contributed by atoms with Crippen molar-refractivity contribution in [3.63, 3.8) is 0 Å². The maximum atomic E-state index is 12.4. The third kappa shape index (κ3) is 4.22. The molecule has 20 heavy (non-hydrogen) atoms. The van der Waals surface area contributed by atoms with E-state index in [0.717, 1.165) is 0 Å². The summed E-state index contributed by atoms with van der Waals surface area (Å²) in [5.41, 5.74) is 0. The maximum Gasteiger partial charge on any atom is 0.332 e. The van der Waals surface area contributed by atoms with Gasteiger partial charge in [-0.2, -0.15) is 0 Å². The Morgan fingerprint density at radius 2 is 1.50 bits per heavy atom. The Hall–Kier alpha value is -0.0500. The van der Waals surface area contributed by atoms with E-state index in [1.807, 2.05) is 0 Å². The van der Waals surface area contributed by atoms with Crippen LogP contribution in [0.1, 0.15) is 13.8 Å². The van der Waals surface area contributed by atoms with Crippen LogP contribution < -0.4 is 5.32 Å². The number of aliphatic hydroxyl groups is 4. The molecule has 0 aromatic heterocycles. The fourth-order valence-corrected chi connectivity index (χ4v) is 4.12. The largest absolute Gasteiger partial charge is 0.395 e. The lowest BCUT2D eigenvalue weighted by atomic mass is 9.91. The van der Waals surface area contributed by atoms with Gasteiger partial charge in [-0.3, -0.25) is 4.57 Å². The van der Waals surface area contributed by atoms with Gasteiger partial charge >= 0.3 is 7.60 Å². The molecule has 1 fully saturated rings. The Morgan fingerprint density at radius 1 is 1.00 bits per heavy atom. The van der Waals surface area contributed by atoms with E-state index >= 15 is 0 Å². The summed E-state index contributed by atoms with van der Waals surface area (Å²) in [6.45, 7) is 3.30. The van der Waals surface area contributed by atoms with Crippen molar-refractivity contribution in [2.24, 2.45) is 0 Å². The standard InChI is InChI=1S/C11H24NO7P/c1-3-18-20(17,19-4-2)6-8-10(15)11(16)9(14)7(5-13)12-8/h7-16H,3-6H2,1-2H3/t7-,8-,9+,10+,11+/m1/s1. The Morgan fingerprint density at radius 3 is 1.95 bits per heavy atom. The van der Waals surface area contributed by atoms with Crippen LogP contribution in [0.2, 0.25) is 0 Å². The van der Waals surface area contributed by atoms with Crippen molar-refractivity contribution < 1.29 is 34.0 Å². The Balaban J connectivity index is 2.80. The third-order valence-electron chi connectivity index (χ3n) is 3.22.